The van der Waals surface area contributed by atoms with Crippen molar-refractivity contribution >= 4 is 10.1 Å². The molecular formula is C20H28O5S. The number of ether oxygens (including phenoxy) is 2. The number of rotatable bonds is 5. The molecule has 0 bridgehead atoms. The Balaban J connectivity index is 1.59. The zero-order valence-electron chi connectivity index (χ0n) is 15.9. The normalized spacial score (nSPS) is 35.2. The van der Waals surface area contributed by atoms with Crippen molar-refractivity contribution in [2.24, 2.45) is 22.7 Å². The summed E-state index contributed by atoms with van der Waals surface area (Å²) >= 11 is 0. The van der Waals surface area contributed by atoms with Gasteiger partial charge in [0.25, 0.3) is 10.1 Å². The van der Waals surface area contributed by atoms with Crippen LogP contribution >= 0.6 is 0 Å². The summed E-state index contributed by atoms with van der Waals surface area (Å²) < 4.78 is 43.1. The third-order valence-electron chi connectivity index (χ3n) is 7.05. The lowest BCUT2D eigenvalue weighted by molar-refractivity contribution is -0.236. The van der Waals surface area contributed by atoms with E-state index in [2.05, 4.69) is 20.8 Å². The molecule has 0 N–H and O–H groups in total. The standard InChI is InChI=1S/C20H28O5S/c1-14(2)19-11-17(19)18(4,20(12-19)23-9-10-24-20)13-25-26(21,22)16-7-5-15(3)6-8-16/h5-8,14,17H,9-13H2,1-4H3/t17?,18-,19+/m1/s1. The first-order chi connectivity index (χ1) is 12.2. The molecule has 2 aliphatic carbocycles. The Labute approximate surface area is 156 Å². The average Bonchev–Trinajstić information content (AvgIpc) is 3.06. The predicted molar refractivity (Wildman–Crippen MR) is 97.1 cm³/mol. The summed E-state index contributed by atoms with van der Waals surface area (Å²) in [4.78, 5) is 0.193. The van der Waals surface area contributed by atoms with E-state index in [4.69, 9.17) is 13.7 Å². The largest absolute Gasteiger partial charge is 0.347 e. The van der Waals surface area contributed by atoms with Crippen molar-refractivity contribution in [1.82, 2.24) is 0 Å². The maximum atomic E-state index is 12.7. The van der Waals surface area contributed by atoms with E-state index >= 15 is 0 Å². The molecule has 0 amide bonds. The monoisotopic (exact) mass is 380 g/mol. The number of benzene rings is 1. The molecule has 3 fully saturated rings. The fourth-order valence-electron chi connectivity index (χ4n) is 5.19. The molecule has 6 heteroatoms. The lowest BCUT2D eigenvalue weighted by atomic mass is 9.80. The first-order valence-corrected chi connectivity index (χ1v) is 10.8. The van der Waals surface area contributed by atoms with Crippen molar-refractivity contribution in [2.45, 2.75) is 51.2 Å². The van der Waals surface area contributed by atoms with Gasteiger partial charge in [-0.15, -0.1) is 0 Å². The molecule has 1 aromatic rings. The second-order valence-corrected chi connectivity index (χ2v) is 10.3. The molecule has 0 aromatic heterocycles. The lowest BCUT2D eigenvalue weighted by Gasteiger charge is -2.41. The molecule has 5 nitrogen and oxygen atoms in total. The Hall–Kier alpha value is -0.950. The van der Waals surface area contributed by atoms with E-state index in [-0.39, 0.29) is 16.9 Å². The van der Waals surface area contributed by atoms with Gasteiger partial charge in [0.2, 0.25) is 0 Å². The molecule has 3 atom stereocenters. The maximum absolute atomic E-state index is 12.7. The van der Waals surface area contributed by atoms with Gasteiger partial charge in [0, 0.05) is 11.8 Å². The number of aryl methyl sites for hydroxylation is 1. The van der Waals surface area contributed by atoms with Gasteiger partial charge in [0.1, 0.15) is 0 Å². The van der Waals surface area contributed by atoms with Gasteiger partial charge in [-0.2, -0.15) is 8.42 Å². The summed E-state index contributed by atoms with van der Waals surface area (Å²) in [5.41, 5.74) is 0.722. The first-order valence-electron chi connectivity index (χ1n) is 9.39. The SMILES string of the molecule is Cc1ccc(S(=O)(=O)OC[C@]2(C)C3C[C@@]3(C(C)C)CC23OCCO3)cc1. The molecule has 26 heavy (non-hydrogen) atoms. The van der Waals surface area contributed by atoms with E-state index in [1.165, 1.54) is 0 Å². The van der Waals surface area contributed by atoms with Gasteiger partial charge >= 0.3 is 0 Å². The Morgan fingerprint density at radius 2 is 1.81 bits per heavy atom. The van der Waals surface area contributed by atoms with E-state index in [1.54, 1.807) is 24.3 Å². The van der Waals surface area contributed by atoms with Crippen LogP contribution in [-0.4, -0.2) is 34.0 Å². The van der Waals surface area contributed by atoms with Crippen LogP contribution in [-0.2, 0) is 23.8 Å². The first kappa shape index (κ1) is 18.4. The summed E-state index contributed by atoms with van der Waals surface area (Å²) in [5, 5.41) is 0. The minimum absolute atomic E-state index is 0.0857. The summed E-state index contributed by atoms with van der Waals surface area (Å²) in [6, 6.07) is 6.75. The summed E-state index contributed by atoms with van der Waals surface area (Å²) in [6.45, 7) is 9.67. The molecule has 2 saturated carbocycles. The third-order valence-corrected chi connectivity index (χ3v) is 8.32. The second-order valence-electron chi connectivity index (χ2n) is 8.72. The molecule has 1 aliphatic heterocycles. The fraction of sp³-hybridized carbons (Fsp3) is 0.700. The van der Waals surface area contributed by atoms with Crippen molar-refractivity contribution < 1.29 is 22.1 Å². The van der Waals surface area contributed by atoms with Crippen molar-refractivity contribution in [3.05, 3.63) is 29.8 Å². The van der Waals surface area contributed by atoms with Crippen LogP contribution in [0.2, 0.25) is 0 Å². The Morgan fingerprint density at radius 3 is 2.38 bits per heavy atom. The zero-order chi connectivity index (χ0) is 18.8. The van der Waals surface area contributed by atoms with E-state index < -0.39 is 21.3 Å². The number of fused-ring (bicyclic) bond motifs is 1. The zero-order valence-corrected chi connectivity index (χ0v) is 16.8. The minimum Gasteiger partial charge on any atom is -0.347 e. The van der Waals surface area contributed by atoms with Gasteiger partial charge < -0.3 is 9.47 Å². The second kappa shape index (κ2) is 5.77. The number of hydrogen-bond acceptors (Lipinski definition) is 5. The van der Waals surface area contributed by atoms with E-state index in [9.17, 15) is 8.42 Å². The molecule has 1 heterocycles. The van der Waals surface area contributed by atoms with Crippen LogP contribution in [0, 0.1) is 29.6 Å². The third kappa shape index (κ3) is 2.49. The maximum Gasteiger partial charge on any atom is 0.296 e. The van der Waals surface area contributed by atoms with Crippen LogP contribution in [0.3, 0.4) is 0 Å². The minimum atomic E-state index is -3.80. The number of hydrogen-bond donors (Lipinski definition) is 0. The Morgan fingerprint density at radius 1 is 1.19 bits per heavy atom. The Bertz CT molecular complexity index is 794. The van der Waals surface area contributed by atoms with Crippen LogP contribution in [0.4, 0.5) is 0 Å². The highest BCUT2D eigenvalue weighted by molar-refractivity contribution is 7.86. The van der Waals surface area contributed by atoms with Crippen LogP contribution in [0.15, 0.2) is 29.2 Å². The lowest BCUT2D eigenvalue weighted by Crippen LogP contribution is -2.49. The van der Waals surface area contributed by atoms with Gasteiger partial charge in [-0.1, -0.05) is 38.5 Å². The van der Waals surface area contributed by atoms with Gasteiger partial charge in [-0.25, -0.2) is 0 Å². The smallest absolute Gasteiger partial charge is 0.296 e. The molecule has 1 saturated heterocycles. The van der Waals surface area contributed by atoms with Crippen molar-refractivity contribution in [1.29, 1.82) is 0 Å². The van der Waals surface area contributed by atoms with Gasteiger partial charge in [-0.05, 0) is 42.7 Å². The van der Waals surface area contributed by atoms with Crippen LogP contribution in [0.25, 0.3) is 0 Å². The quantitative estimate of drug-likeness (QED) is 0.732. The van der Waals surface area contributed by atoms with Crippen molar-refractivity contribution in [3.8, 4) is 0 Å². The molecular weight excluding hydrogens is 352 g/mol. The molecule has 1 unspecified atom stereocenters. The summed E-state index contributed by atoms with van der Waals surface area (Å²) in [6.07, 6.45) is 1.91. The fourth-order valence-corrected chi connectivity index (χ4v) is 6.19. The molecule has 1 aromatic carbocycles. The summed E-state index contributed by atoms with van der Waals surface area (Å²) in [5.74, 6) is 0.150. The van der Waals surface area contributed by atoms with E-state index in [0.717, 1.165) is 18.4 Å². The summed E-state index contributed by atoms with van der Waals surface area (Å²) in [7, 11) is -3.80. The molecule has 1 spiro atoms. The van der Waals surface area contributed by atoms with Gasteiger partial charge in [0.15, 0.2) is 5.79 Å². The van der Waals surface area contributed by atoms with Gasteiger partial charge in [0.05, 0.1) is 24.7 Å². The van der Waals surface area contributed by atoms with E-state index in [0.29, 0.717) is 25.0 Å². The van der Waals surface area contributed by atoms with Crippen molar-refractivity contribution in [2.75, 3.05) is 19.8 Å². The van der Waals surface area contributed by atoms with Crippen molar-refractivity contribution in [3.63, 3.8) is 0 Å². The average molecular weight is 381 g/mol. The molecule has 144 valence electrons. The predicted octanol–water partition coefficient (Wildman–Crippen LogP) is 3.52. The van der Waals surface area contributed by atoms with Gasteiger partial charge in [-0.3, -0.25) is 4.18 Å². The molecule has 3 aliphatic rings. The van der Waals surface area contributed by atoms with Crippen LogP contribution < -0.4 is 0 Å². The molecule has 0 radical (unpaired) electrons. The van der Waals surface area contributed by atoms with E-state index in [1.807, 2.05) is 6.92 Å². The highest BCUT2D eigenvalue weighted by Crippen LogP contribution is 2.78. The van der Waals surface area contributed by atoms with Crippen LogP contribution in [0.5, 0.6) is 0 Å². The highest BCUT2D eigenvalue weighted by Gasteiger charge is 2.79. The topological polar surface area (TPSA) is 61.8 Å². The highest BCUT2D eigenvalue weighted by atomic mass is 32.2. The Kier molecular flexibility index (Phi) is 4.09. The molecule has 4 rings (SSSR count). The van der Waals surface area contributed by atoms with Crippen LogP contribution in [0.1, 0.15) is 39.2 Å².